The summed E-state index contributed by atoms with van der Waals surface area (Å²) in [4.78, 5) is 4.64. The number of rotatable bonds is 9. The Morgan fingerprint density at radius 2 is 1.07 bits per heavy atom. The number of benzene rings is 3. The van der Waals surface area contributed by atoms with Crippen LogP contribution in [-0.4, -0.2) is 16.4 Å². The molecule has 0 bridgehead atoms. The molecule has 0 atom stereocenters. The van der Waals surface area contributed by atoms with Crippen LogP contribution in [0.1, 0.15) is 11.1 Å². The summed E-state index contributed by atoms with van der Waals surface area (Å²) in [6.45, 7) is -0.144. The summed E-state index contributed by atoms with van der Waals surface area (Å²) < 4.78 is 57.8. The van der Waals surface area contributed by atoms with Gasteiger partial charge in [0.2, 0.25) is 0 Å². The highest BCUT2D eigenvalue weighted by Gasteiger charge is 2.60. The van der Waals surface area contributed by atoms with Gasteiger partial charge in [-0.15, -0.1) is 0 Å². The summed E-state index contributed by atoms with van der Waals surface area (Å²) in [5.41, 5.74) is 1.33. The minimum atomic E-state index is -4.71. The first-order valence-corrected chi connectivity index (χ1v) is 9.69. The Hall–Kier alpha value is -2.35. The normalized spacial score (nSPS) is 12.3. The van der Waals surface area contributed by atoms with Gasteiger partial charge in [-0.25, -0.2) is 4.84 Å². The van der Waals surface area contributed by atoms with Crippen LogP contribution in [0.3, 0.4) is 0 Å². The van der Waals surface area contributed by atoms with Crippen molar-refractivity contribution >= 4 is 11.8 Å². The van der Waals surface area contributed by atoms with E-state index in [0.29, 0.717) is 11.1 Å². The minimum absolute atomic E-state index is 0.0263. The van der Waals surface area contributed by atoms with Crippen molar-refractivity contribution in [3.05, 3.63) is 102 Å². The van der Waals surface area contributed by atoms with Gasteiger partial charge in [-0.3, -0.25) is 0 Å². The van der Waals surface area contributed by atoms with E-state index in [-0.39, 0.29) is 29.7 Å². The SMILES string of the molecule is FC(F)(ON(Cc1ccccc1)Cc1ccccc1)C(F)(F)Sc1ccccc1. The Morgan fingerprint density at radius 1 is 0.655 bits per heavy atom. The summed E-state index contributed by atoms with van der Waals surface area (Å²) in [5.74, 6) is 0. The zero-order chi connectivity index (χ0) is 20.7. The van der Waals surface area contributed by atoms with Crippen molar-refractivity contribution in [1.82, 2.24) is 5.06 Å². The van der Waals surface area contributed by atoms with Gasteiger partial charge >= 0.3 is 11.4 Å². The van der Waals surface area contributed by atoms with E-state index in [0.717, 1.165) is 5.06 Å². The second-order valence-corrected chi connectivity index (χ2v) is 7.50. The summed E-state index contributed by atoms with van der Waals surface area (Å²) >= 11 is -0.228. The first-order valence-electron chi connectivity index (χ1n) is 8.87. The lowest BCUT2D eigenvalue weighted by molar-refractivity contribution is -0.406. The Morgan fingerprint density at radius 3 is 1.52 bits per heavy atom. The van der Waals surface area contributed by atoms with E-state index >= 15 is 0 Å². The molecule has 0 heterocycles. The summed E-state index contributed by atoms with van der Waals surface area (Å²) in [6.07, 6.45) is -4.71. The van der Waals surface area contributed by atoms with Crippen LogP contribution in [0.25, 0.3) is 0 Å². The first-order chi connectivity index (χ1) is 13.9. The lowest BCUT2D eigenvalue weighted by Gasteiger charge is -2.31. The highest BCUT2D eigenvalue weighted by molar-refractivity contribution is 8.00. The molecule has 0 fully saturated rings. The van der Waals surface area contributed by atoms with Gasteiger partial charge in [0, 0.05) is 18.0 Å². The average Bonchev–Trinajstić information content (AvgIpc) is 2.69. The molecule has 0 spiro atoms. The molecule has 0 amide bonds. The Balaban J connectivity index is 1.78. The molecule has 3 aromatic rings. The first kappa shape index (κ1) is 21.4. The highest BCUT2D eigenvalue weighted by Crippen LogP contribution is 2.47. The van der Waals surface area contributed by atoms with E-state index in [1.165, 1.54) is 24.3 Å². The molecule has 0 radical (unpaired) electrons. The van der Waals surface area contributed by atoms with Crippen molar-refractivity contribution in [1.29, 1.82) is 0 Å². The molecule has 0 unspecified atom stereocenters. The summed E-state index contributed by atoms with van der Waals surface area (Å²) in [7, 11) is 0. The van der Waals surface area contributed by atoms with E-state index in [1.807, 2.05) is 0 Å². The van der Waals surface area contributed by atoms with Crippen molar-refractivity contribution in [3.8, 4) is 0 Å². The Kier molecular flexibility index (Phi) is 6.95. The number of alkyl halides is 4. The molecule has 0 saturated carbocycles. The molecule has 29 heavy (non-hydrogen) atoms. The molecule has 3 aromatic carbocycles. The van der Waals surface area contributed by atoms with E-state index in [1.54, 1.807) is 66.7 Å². The summed E-state index contributed by atoms with van der Waals surface area (Å²) in [6, 6.07) is 24.8. The fourth-order valence-electron chi connectivity index (χ4n) is 2.61. The molecule has 152 valence electrons. The van der Waals surface area contributed by atoms with Gasteiger partial charge in [0.15, 0.2) is 0 Å². The van der Waals surface area contributed by atoms with Crippen molar-refractivity contribution in [2.75, 3.05) is 0 Å². The number of hydroxylamine groups is 2. The van der Waals surface area contributed by atoms with Gasteiger partial charge in [0.1, 0.15) is 0 Å². The molecule has 7 heteroatoms. The zero-order valence-corrected chi connectivity index (χ0v) is 16.2. The maximum absolute atomic E-state index is 14.5. The maximum Gasteiger partial charge on any atom is 0.446 e. The number of hydrogen-bond acceptors (Lipinski definition) is 3. The third-order valence-corrected chi connectivity index (χ3v) is 4.98. The molecule has 3 rings (SSSR count). The van der Waals surface area contributed by atoms with E-state index in [2.05, 4.69) is 4.84 Å². The lowest BCUT2D eigenvalue weighted by Crippen LogP contribution is -2.45. The summed E-state index contributed by atoms with van der Waals surface area (Å²) in [5, 5.41) is -3.59. The number of nitrogens with zero attached hydrogens (tertiary/aromatic N) is 1. The predicted molar refractivity (Wildman–Crippen MR) is 105 cm³/mol. The fraction of sp³-hybridized carbons (Fsp3) is 0.182. The predicted octanol–water partition coefficient (Wildman–Crippen LogP) is 6.60. The van der Waals surface area contributed by atoms with Crippen LogP contribution in [0.2, 0.25) is 0 Å². The highest BCUT2D eigenvalue weighted by atomic mass is 32.2. The quantitative estimate of drug-likeness (QED) is 0.219. The van der Waals surface area contributed by atoms with Gasteiger partial charge in [-0.2, -0.15) is 22.6 Å². The van der Waals surface area contributed by atoms with Gasteiger partial charge < -0.3 is 0 Å². The number of halogens is 4. The molecule has 0 aromatic heterocycles. The van der Waals surface area contributed by atoms with E-state index in [9.17, 15) is 17.6 Å². The van der Waals surface area contributed by atoms with Crippen LogP contribution in [0.15, 0.2) is 95.9 Å². The Bertz CT molecular complexity index is 838. The van der Waals surface area contributed by atoms with Crippen LogP contribution < -0.4 is 0 Å². The van der Waals surface area contributed by atoms with Crippen molar-refractivity contribution in [2.24, 2.45) is 0 Å². The minimum Gasteiger partial charge on any atom is -0.223 e. The Labute approximate surface area is 171 Å². The second kappa shape index (κ2) is 9.43. The van der Waals surface area contributed by atoms with Crippen molar-refractivity contribution in [2.45, 2.75) is 29.3 Å². The molecular weight excluding hydrogens is 402 g/mol. The molecule has 2 nitrogen and oxygen atoms in total. The maximum atomic E-state index is 14.5. The van der Waals surface area contributed by atoms with Crippen molar-refractivity contribution < 1.29 is 22.4 Å². The van der Waals surface area contributed by atoms with Crippen LogP contribution in [0.4, 0.5) is 17.6 Å². The molecule has 0 aliphatic heterocycles. The van der Waals surface area contributed by atoms with Gasteiger partial charge in [-0.1, -0.05) is 78.9 Å². The standard InChI is InChI=1S/C22H19F4NOS/c23-21(24,22(25,26)29-20-14-8-3-9-15-20)28-27(16-18-10-4-1-5-11-18)17-19-12-6-2-7-13-19/h1-15H,16-17H2. The largest absolute Gasteiger partial charge is 0.446 e. The third kappa shape index (κ3) is 6.06. The van der Waals surface area contributed by atoms with Crippen LogP contribution in [0.5, 0.6) is 0 Å². The van der Waals surface area contributed by atoms with Crippen LogP contribution >= 0.6 is 11.8 Å². The average molecular weight is 421 g/mol. The van der Waals surface area contributed by atoms with Crippen molar-refractivity contribution in [3.63, 3.8) is 0 Å². The number of hydrogen-bond donors (Lipinski definition) is 0. The smallest absolute Gasteiger partial charge is 0.223 e. The molecule has 0 aliphatic rings. The topological polar surface area (TPSA) is 12.5 Å². The lowest BCUT2D eigenvalue weighted by atomic mass is 10.2. The molecule has 0 aliphatic carbocycles. The monoisotopic (exact) mass is 421 g/mol. The van der Waals surface area contributed by atoms with Crippen LogP contribution in [0, 0.1) is 0 Å². The third-order valence-electron chi connectivity index (χ3n) is 3.98. The van der Waals surface area contributed by atoms with Crippen LogP contribution in [-0.2, 0) is 17.9 Å². The number of thioether (sulfide) groups is 1. The van der Waals surface area contributed by atoms with E-state index in [4.69, 9.17) is 0 Å². The zero-order valence-electron chi connectivity index (χ0n) is 15.4. The molecule has 0 N–H and O–H groups in total. The van der Waals surface area contributed by atoms with Gasteiger partial charge in [0.05, 0.1) is 0 Å². The van der Waals surface area contributed by atoms with Gasteiger partial charge in [-0.05, 0) is 35.0 Å². The van der Waals surface area contributed by atoms with Gasteiger partial charge in [0.25, 0.3) is 0 Å². The second-order valence-electron chi connectivity index (χ2n) is 6.31. The van der Waals surface area contributed by atoms with E-state index < -0.39 is 11.4 Å². The molecular formula is C22H19F4NOS. The fourth-order valence-corrected chi connectivity index (χ4v) is 3.35. The molecule has 0 saturated heterocycles.